The molecule has 2 aromatic rings. The second-order valence-electron chi connectivity index (χ2n) is 7.47. The van der Waals surface area contributed by atoms with Crippen molar-refractivity contribution < 1.29 is 4.79 Å². The van der Waals surface area contributed by atoms with Gasteiger partial charge in [0.2, 0.25) is 5.91 Å². The summed E-state index contributed by atoms with van der Waals surface area (Å²) in [6.07, 6.45) is 5.56. The SMILES string of the molecule is CC(NC(=O)[C@@H]1[C@H]2C=C[C@H](C2)N1C(C)c1ccccc1)c1ccccc1. The van der Waals surface area contributed by atoms with Gasteiger partial charge in [-0.1, -0.05) is 72.8 Å². The van der Waals surface area contributed by atoms with Crippen molar-refractivity contribution >= 4 is 5.91 Å². The van der Waals surface area contributed by atoms with Crippen LogP contribution >= 0.6 is 0 Å². The van der Waals surface area contributed by atoms with Crippen LogP contribution in [0.15, 0.2) is 72.8 Å². The Labute approximate surface area is 155 Å². The molecule has 1 aliphatic heterocycles. The highest BCUT2D eigenvalue weighted by molar-refractivity contribution is 5.83. The molecule has 1 heterocycles. The summed E-state index contributed by atoms with van der Waals surface area (Å²) < 4.78 is 0. The van der Waals surface area contributed by atoms with Crippen molar-refractivity contribution in [2.24, 2.45) is 5.92 Å². The molecular formula is C23H26N2O. The highest BCUT2D eigenvalue weighted by Gasteiger charge is 2.48. The van der Waals surface area contributed by atoms with Crippen molar-refractivity contribution in [3.63, 3.8) is 0 Å². The molecule has 1 aliphatic carbocycles. The van der Waals surface area contributed by atoms with Crippen LogP contribution in [0.1, 0.15) is 43.5 Å². The van der Waals surface area contributed by atoms with Gasteiger partial charge in [0.25, 0.3) is 0 Å². The van der Waals surface area contributed by atoms with Crippen LogP contribution in [0.5, 0.6) is 0 Å². The predicted molar refractivity (Wildman–Crippen MR) is 105 cm³/mol. The predicted octanol–water partition coefficient (Wildman–Crippen LogP) is 4.25. The third-order valence-corrected chi connectivity index (χ3v) is 5.86. The zero-order chi connectivity index (χ0) is 18.1. The van der Waals surface area contributed by atoms with E-state index in [4.69, 9.17) is 0 Å². The molecule has 5 atom stereocenters. The molecule has 134 valence electrons. The fraction of sp³-hybridized carbons (Fsp3) is 0.348. The number of carbonyl (C=O) groups excluding carboxylic acids is 1. The van der Waals surface area contributed by atoms with Crippen molar-refractivity contribution in [1.82, 2.24) is 10.2 Å². The van der Waals surface area contributed by atoms with Crippen molar-refractivity contribution in [3.8, 4) is 0 Å². The lowest BCUT2D eigenvalue weighted by molar-refractivity contribution is -0.128. The molecule has 2 aliphatic rings. The van der Waals surface area contributed by atoms with Crippen molar-refractivity contribution in [2.45, 2.75) is 44.4 Å². The van der Waals surface area contributed by atoms with Gasteiger partial charge < -0.3 is 5.32 Å². The van der Waals surface area contributed by atoms with Gasteiger partial charge in [-0.25, -0.2) is 0 Å². The van der Waals surface area contributed by atoms with E-state index in [1.165, 1.54) is 5.56 Å². The molecule has 3 nitrogen and oxygen atoms in total. The summed E-state index contributed by atoms with van der Waals surface area (Å²) in [7, 11) is 0. The van der Waals surface area contributed by atoms with Crippen molar-refractivity contribution in [3.05, 3.63) is 83.9 Å². The van der Waals surface area contributed by atoms with E-state index in [-0.39, 0.29) is 24.0 Å². The second kappa shape index (κ2) is 7.08. The number of likely N-dealkylation sites (tertiary alicyclic amines) is 1. The first-order valence-corrected chi connectivity index (χ1v) is 9.51. The lowest BCUT2D eigenvalue weighted by Gasteiger charge is -2.37. The van der Waals surface area contributed by atoms with E-state index in [0.29, 0.717) is 12.0 Å². The molecular weight excluding hydrogens is 320 g/mol. The maximum atomic E-state index is 13.2. The Balaban J connectivity index is 1.54. The smallest absolute Gasteiger partial charge is 0.238 e. The van der Waals surface area contributed by atoms with E-state index in [9.17, 15) is 4.79 Å². The maximum absolute atomic E-state index is 13.2. The van der Waals surface area contributed by atoms with Gasteiger partial charge in [-0.3, -0.25) is 9.69 Å². The van der Waals surface area contributed by atoms with Gasteiger partial charge in [0.1, 0.15) is 0 Å². The average molecular weight is 346 g/mol. The number of carbonyl (C=O) groups is 1. The zero-order valence-corrected chi connectivity index (χ0v) is 15.4. The lowest BCUT2D eigenvalue weighted by atomic mass is 9.97. The standard InChI is InChI=1S/C23H26N2O/c1-16(18-9-5-3-6-10-18)24-23(26)22-20-13-14-21(15-20)25(22)17(2)19-11-7-4-8-12-19/h3-14,16-17,20-22H,15H2,1-2H3,(H,24,26)/t16?,17?,20-,21+,22-/m0/s1. The minimum atomic E-state index is -0.0913. The summed E-state index contributed by atoms with van der Waals surface area (Å²) in [6, 6.07) is 21.2. The van der Waals surface area contributed by atoms with Crippen LogP contribution in [0.4, 0.5) is 0 Å². The Morgan fingerprint density at radius 3 is 2.23 bits per heavy atom. The molecule has 26 heavy (non-hydrogen) atoms. The lowest BCUT2D eigenvalue weighted by Crippen LogP contribution is -2.50. The van der Waals surface area contributed by atoms with Gasteiger partial charge in [0, 0.05) is 18.0 Å². The van der Waals surface area contributed by atoms with Gasteiger partial charge >= 0.3 is 0 Å². The number of nitrogens with zero attached hydrogens (tertiary/aromatic N) is 1. The zero-order valence-electron chi connectivity index (χ0n) is 15.4. The Morgan fingerprint density at radius 2 is 1.58 bits per heavy atom. The van der Waals surface area contributed by atoms with Crippen LogP contribution in [-0.4, -0.2) is 22.9 Å². The topological polar surface area (TPSA) is 32.3 Å². The number of nitrogens with one attached hydrogen (secondary N) is 1. The Morgan fingerprint density at radius 1 is 0.962 bits per heavy atom. The van der Waals surface area contributed by atoms with Crippen LogP contribution in [0.2, 0.25) is 0 Å². The molecule has 1 fully saturated rings. The van der Waals surface area contributed by atoms with Crippen LogP contribution < -0.4 is 5.32 Å². The van der Waals surface area contributed by atoms with Crippen LogP contribution in [0.25, 0.3) is 0 Å². The first-order valence-electron chi connectivity index (χ1n) is 9.51. The van der Waals surface area contributed by atoms with E-state index < -0.39 is 0 Å². The fourth-order valence-corrected chi connectivity index (χ4v) is 4.48. The van der Waals surface area contributed by atoms with E-state index in [2.05, 4.69) is 72.6 Å². The first kappa shape index (κ1) is 17.0. The summed E-state index contributed by atoms with van der Waals surface area (Å²) in [5.41, 5.74) is 2.41. The number of fused-ring (bicyclic) bond motifs is 2. The van der Waals surface area contributed by atoms with Crippen LogP contribution in [0, 0.1) is 5.92 Å². The van der Waals surface area contributed by atoms with Gasteiger partial charge in [0.05, 0.1) is 12.1 Å². The quantitative estimate of drug-likeness (QED) is 0.821. The third-order valence-electron chi connectivity index (χ3n) is 5.86. The molecule has 0 saturated carbocycles. The number of benzene rings is 2. The maximum Gasteiger partial charge on any atom is 0.238 e. The highest BCUT2D eigenvalue weighted by atomic mass is 16.2. The Bertz CT molecular complexity index is 786. The molecule has 0 spiro atoms. The minimum Gasteiger partial charge on any atom is -0.348 e. The molecule has 3 heteroatoms. The molecule has 0 radical (unpaired) electrons. The highest BCUT2D eigenvalue weighted by Crippen LogP contribution is 2.42. The molecule has 1 amide bonds. The number of rotatable bonds is 5. The first-order chi connectivity index (χ1) is 12.6. The average Bonchev–Trinajstić information content (AvgIpc) is 3.30. The molecule has 1 saturated heterocycles. The van der Waals surface area contributed by atoms with Crippen molar-refractivity contribution in [1.29, 1.82) is 0 Å². The van der Waals surface area contributed by atoms with Crippen LogP contribution in [-0.2, 0) is 4.79 Å². The third kappa shape index (κ3) is 3.08. The Hall–Kier alpha value is -2.39. The molecule has 1 N–H and O–H groups in total. The summed E-state index contributed by atoms with van der Waals surface area (Å²) in [6.45, 7) is 4.27. The molecule has 2 bridgehead atoms. The second-order valence-corrected chi connectivity index (χ2v) is 7.47. The van der Waals surface area contributed by atoms with Crippen LogP contribution in [0.3, 0.4) is 0 Å². The summed E-state index contributed by atoms with van der Waals surface area (Å²) in [5.74, 6) is 0.454. The van der Waals surface area contributed by atoms with Gasteiger partial charge in [-0.15, -0.1) is 0 Å². The summed E-state index contributed by atoms with van der Waals surface area (Å²) in [5, 5.41) is 3.24. The van der Waals surface area contributed by atoms with Crippen molar-refractivity contribution in [2.75, 3.05) is 0 Å². The number of hydrogen-bond donors (Lipinski definition) is 1. The summed E-state index contributed by atoms with van der Waals surface area (Å²) in [4.78, 5) is 15.6. The summed E-state index contributed by atoms with van der Waals surface area (Å²) >= 11 is 0. The number of amides is 1. The Kier molecular flexibility index (Phi) is 4.64. The minimum absolute atomic E-state index is 0.0145. The van der Waals surface area contributed by atoms with Gasteiger partial charge in [0.15, 0.2) is 0 Å². The van der Waals surface area contributed by atoms with Gasteiger partial charge in [-0.2, -0.15) is 0 Å². The van der Waals surface area contributed by atoms with E-state index >= 15 is 0 Å². The normalized spacial score (nSPS) is 26.6. The fourth-order valence-electron chi connectivity index (χ4n) is 4.48. The molecule has 2 aromatic carbocycles. The van der Waals surface area contributed by atoms with E-state index in [1.54, 1.807) is 0 Å². The number of hydrogen-bond acceptors (Lipinski definition) is 2. The molecule has 2 unspecified atom stereocenters. The molecule has 0 aromatic heterocycles. The molecule has 4 rings (SSSR count). The van der Waals surface area contributed by atoms with E-state index in [0.717, 1.165) is 12.0 Å². The van der Waals surface area contributed by atoms with E-state index in [1.807, 2.05) is 24.3 Å². The van der Waals surface area contributed by atoms with Gasteiger partial charge in [-0.05, 0) is 31.4 Å². The largest absolute Gasteiger partial charge is 0.348 e. The monoisotopic (exact) mass is 346 g/mol.